The van der Waals surface area contributed by atoms with Crippen molar-refractivity contribution in [3.05, 3.63) is 34.9 Å². The Morgan fingerprint density at radius 1 is 1.38 bits per heavy atom. The molecule has 2 rings (SSSR count). The second-order valence-corrected chi connectivity index (χ2v) is 6.02. The van der Waals surface area contributed by atoms with Crippen molar-refractivity contribution in [3.63, 3.8) is 0 Å². The number of ether oxygens (including phenoxy) is 1. The van der Waals surface area contributed by atoms with E-state index < -0.39 is 5.92 Å². The van der Waals surface area contributed by atoms with E-state index in [0.717, 1.165) is 5.56 Å². The van der Waals surface area contributed by atoms with Gasteiger partial charge in [0.05, 0.1) is 12.1 Å². The van der Waals surface area contributed by atoms with Crippen molar-refractivity contribution in [2.45, 2.75) is 32.9 Å². The minimum atomic E-state index is -0.500. The Morgan fingerprint density at radius 2 is 2.00 bits per heavy atom. The molecule has 0 saturated carbocycles. The third kappa shape index (κ3) is 3.80. The Labute approximate surface area is 134 Å². The van der Waals surface area contributed by atoms with E-state index >= 15 is 0 Å². The van der Waals surface area contributed by atoms with Gasteiger partial charge in [0.2, 0.25) is 0 Å². The lowest BCUT2D eigenvalue weighted by molar-refractivity contribution is -0.150. The molecule has 6 heteroatoms. The molecule has 0 amide bonds. The number of nitrogens with one attached hydrogen (secondary N) is 1. The van der Waals surface area contributed by atoms with Crippen molar-refractivity contribution in [3.8, 4) is 0 Å². The molecule has 0 bridgehead atoms. The number of hydrogen-bond donors (Lipinski definition) is 1. The van der Waals surface area contributed by atoms with Gasteiger partial charge < -0.3 is 10.1 Å². The van der Waals surface area contributed by atoms with Gasteiger partial charge in [-0.3, -0.25) is 4.79 Å². The zero-order chi connectivity index (χ0) is 15.6. The fourth-order valence-electron chi connectivity index (χ4n) is 2.28. The summed E-state index contributed by atoms with van der Waals surface area (Å²) < 4.78 is 5.34. The molecule has 2 atom stereocenters. The van der Waals surface area contributed by atoms with Gasteiger partial charge in [-0.1, -0.05) is 23.7 Å². The fraction of sp³-hybridized carbons (Fsp3) is 0.400. The molecule has 112 valence electrons. The number of carbonyl (C=O) groups is 1. The first kappa shape index (κ1) is 15.9. The van der Waals surface area contributed by atoms with Crippen LogP contribution in [0.2, 0.25) is 5.02 Å². The van der Waals surface area contributed by atoms with Gasteiger partial charge in [0.15, 0.2) is 5.11 Å². The Bertz CT molecular complexity index is 584. The molecule has 0 radical (unpaired) electrons. The van der Waals surface area contributed by atoms with Gasteiger partial charge in [0.25, 0.3) is 0 Å². The van der Waals surface area contributed by atoms with E-state index in [4.69, 9.17) is 28.6 Å². The lowest BCUT2D eigenvalue weighted by atomic mass is 9.88. The Balaban J connectivity index is 2.36. The molecular formula is C15H17ClN2O2S. The summed E-state index contributed by atoms with van der Waals surface area (Å²) in [7, 11) is 0. The van der Waals surface area contributed by atoms with E-state index in [9.17, 15) is 4.79 Å². The first-order valence-corrected chi connectivity index (χ1v) is 7.48. The third-order valence-electron chi connectivity index (χ3n) is 3.18. The molecule has 1 aromatic carbocycles. The van der Waals surface area contributed by atoms with Crippen LogP contribution in [0.25, 0.3) is 0 Å². The molecule has 21 heavy (non-hydrogen) atoms. The summed E-state index contributed by atoms with van der Waals surface area (Å²) in [6.07, 6.45) is -0.176. The number of nitrogens with zero attached hydrogens (tertiary/aromatic N) is 1. The van der Waals surface area contributed by atoms with Gasteiger partial charge in [-0.05, 0) is 50.7 Å². The Hall–Kier alpha value is -1.46. The normalized spacial score (nSPS) is 21.8. The standard InChI is InChI=1S/C15H17ClN2O2S/c1-8(2)20-14(19)12-9(3)17-15(21)18-13(12)10-4-6-11(16)7-5-10/h4-8,12-13H,1-3H3,(H,18,21). The van der Waals surface area contributed by atoms with E-state index in [0.29, 0.717) is 15.8 Å². The van der Waals surface area contributed by atoms with Crippen LogP contribution in [0.15, 0.2) is 29.3 Å². The summed E-state index contributed by atoms with van der Waals surface area (Å²) in [5.41, 5.74) is 1.58. The van der Waals surface area contributed by atoms with Crippen LogP contribution in [0.4, 0.5) is 0 Å². The lowest BCUT2D eigenvalue weighted by Gasteiger charge is -2.31. The maximum Gasteiger partial charge on any atom is 0.317 e. The molecule has 0 spiro atoms. The molecule has 1 heterocycles. The summed E-state index contributed by atoms with van der Waals surface area (Å²) in [6.45, 7) is 5.44. The van der Waals surface area contributed by atoms with Gasteiger partial charge in [0.1, 0.15) is 5.92 Å². The van der Waals surface area contributed by atoms with Crippen molar-refractivity contribution in [1.82, 2.24) is 5.32 Å². The molecule has 0 fully saturated rings. The molecular weight excluding hydrogens is 308 g/mol. The second-order valence-electron chi connectivity index (χ2n) is 5.20. The largest absolute Gasteiger partial charge is 0.462 e. The first-order chi connectivity index (χ1) is 9.88. The maximum atomic E-state index is 12.4. The van der Waals surface area contributed by atoms with Crippen LogP contribution in [-0.4, -0.2) is 22.9 Å². The van der Waals surface area contributed by atoms with Crippen LogP contribution in [0.3, 0.4) is 0 Å². The van der Waals surface area contributed by atoms with Crippen molar-refractivity contribution in [2.24, 2.45) is 10.9 Å². The van der Waals surface area contributed by atoms with Gasteiger partial charge in [-0.15, -0.1) is 0 Å². The highest BCUT2D eigenvalue weighted by Crippen LogP contribution is 2.29. The highest BCUT2D eigenvalue weighted by Gasteiger charge is 2.37. The maximum absolute atomic E-state index is 12.4. The average molecular weight is 325 g/mol. The van der Waals surface area contributed by atoms with Crippen LogP contribution < -0.4 is 5.32 Å². The number of hydrogen-bond acceptors (Lipinski definition) is 3. The summed E-state index contributed by atoms with van der Waals surface area (Å²) in [5, 5.41) is 4.11. The van der Waals surface area contributed by atoms with Crippen molar-refractivity contribution < 1.29 is 9.53 Å². The number of halogens is 1. The average Bonchev–Trinajstić information content (AvgIpc) is 2.37. The minimum Gasteiger partial charge on any atom is -0.462 e. The highest BCUT2D eigenvalue weighted by molar-refractivity contribution is 7.80. The fourth-order valence-corrected chi connectivity index (χ4v) is 2.67. The smallest absolute Gasteiger partial charge is 0.317 e. The quantitative estimate of drug-likeness (QED) is 0.684. The van der Waals surface area contributed by atoms with Crippen LogP contribution in [0.5, 0.6) is 0 Å². The molecule has 1 aliphatic rings. The zero-order valence-electron chi connectivity index (χ0n) is 12.1. The predicted octanol–water partition coefficient (Wildman–Crippen LogP) is 3.30. The van der Waals surface area contributed by atoms with Crippen molar-refractivity contribution >= 4 is 40.6 Å². The summed E-state index contributed by atoms with van der Waals surface area (Å²) >= 11 is 11.1. The number of esters is 1. The third-order valence-corrected chi connectivity index (χ3v) is 3.64. The van der Waals surface area contributed by atoms with E-state index in [-0.39, 0.29) is 18.1 Å². The van der Waals surface area contributed by atoms with E-state index in [1.165, 1.54) is 0 Å². The summed E-state index contributed by atoms with van der Waals surface area (Å²) in [4.78, 5) is 16.6. The molecule has 4 nitrogen and oxygen atoms in total. The van der Waals surface area contributed by atoms with E-state index in [1.54, 1.807) is 19.1 Å². The predicted molar refractivity (Wildman–Crippen MR) is 87.8 cm³/mol. The summed E-state index contributed by atoms with van der Waals surface area (Å²) in [5.74, 6) is -0.804. The van der Waals surface area contributed by atoms with Crippen LogP contribution in [-0.2, 0) is 9.53 Å². The number of rotatable bonds is 3. The van der Waals surface area contributed by atoms with Gasteiger partial charge in [-0.25, -0.2) is 4.99 Å². The molecule has 1 N–H and O–H groups in total. The summed E-state index contributed by atoms with van der Waals surface area (Å²) in [6, 6.07) is 7.02. The number of carbonyl (C=O) groups excluding carboxylic acids is 1. The Kier molecular flexibility index (Phi) is 4.96. The lowest BCUT2D eigenvalue weighted by Crippen LogP contribution is -2.44. The van der Waals surface area contributed by atoms with Gasteiger partial charge >= 0.3 is 5.97 Å². The SMILES string of the molecule is CC1=NC(=S)NC(c2ccc(Cl)cc2)C1C(=O)OC(C)C. The van der Waals surface area contributed by atoms with Crippen molar-refractivity contribution in [1.29, 1.82) is 0 Å². The molecule has 2 unspecified atom stereocenters. The van der Waals surface area contributed by atoms with Gasteiger partial charge in [-0.2, -0.15) is 0 Å². The highest BCUT2D eigenvalue weighted by atomic mass is 35.5. The van der Waals surface area contributed by atoms with E-state index in [2.05, 4.69) is 10.3 Å². The second kappa shape index (κ2) is 6.54. The van der Waals surface area contributed by atoms with E-state index in [1.807, 2.05) is 26.0 Å². The number of thiocarbonyl (C=S) groups is 1. The van der Waals surface area contributed by atoms with Gasteiger partial charge in [0, 0.05) is 10.7 Å². The molecule has 0 saturated heterocycles. The van der Waals surface area contributed by atoms with Crippen LogP contribution >= 0.6 is 23.8 Å². The van der Waals surface area contributed by atoms with Crippen LogP contribution in [0.1, 0.15) is 32.4 Å². The topological polar surface area (TPSA) is 50.7 Å². The zero-order valence-corrected chi connectivity index (χ0v) is 13.7. The molecule has 1 aliphatic heterocycles. The minimum absolute atomic E-state index is 0.176. The Morgan fingerprint density at radius 3 is 2.57 bits per heavy atom. The molecule has 0 aromatic heterocycles. The molecule has 1 aromatic rings. The monoisotopic (exact) mass is 324 g/mol. The number of aliphatic imine (C=N–C) groups is 1. The van der Waals surface area contributed by atoms with Crippen molar-refractivity contribution in [2.75, 3.05) is 0 Å². The number of benzene rings is 1. The van der Waals surface area contributed by atoms with Crippen LogP contribution in [0, 0.1) is 5.92 Å². The molecule has 0 aliphatic carbocycles. The first-order valence-electron chi connectivity index (χ1n) is 6.70.